The smallest absolute Gasteiger partial charge is 0.163 e. The van der Waals surface area contributed by atoms with E-state index < -0.39 is 5.72 Å². The highest BCUT2D eigenvalue weighted by Gasteiger charge is 2.39. The first-order valence-electron chi connectivity index (χ1n) is 7.49. The first kappa shape index (κ1) is 15.0. The zero-order valence-corrected chi connectivity index (χ0v) is 12.9. The van der Waals surface area contributed by atoms with Crippen LogP contribution in [0.25, 0.3) is 11.0 Å². The van der Waals surface area contributed by atoms with Crippen LogP contribution in [-0.2, 0) is 4.74 Å². The molecule has 1 saturated carbocycles. The summed E-state index contributed by atoms with van der Waals surface area (Å²) in [5, 5.41) is 13.9. The number of hydrogen-bond acceptors (Lipinski definition) is 6. The lowest BCUT2D eigenvalue weighted by molar-refractivity contribution is -0.0984. The van der Waals surface area contributed by atoms with Crippen molar-refractivity contribution in [2.45, 2.75) is 37.5 Å². The Morgan fingerprint density at radius 3 is 2.91 bits per heavy atom. The van der Waals surface area contributed by atoms with Crippen molar-refractivity contribution >= 4 is 16.9 Å². The Balaban J connectivity index is 1.89. The molecule has 0 saturated heterocycles. The van der Waals surface area contributed by atoms with Crippen molar-refractivity contribution in [1.29, 1.82) is 0 Å². The van der Waals surface area contributed by atoms with E-state index in [4.69, 9.17) is 9.47 Å². The molecule has 6 nitrogen and oxygen atoms in total. The van der Waals surface area contributed by atoms with Gasteiger partial charge in [0.15, 0.2) is 5.72 Å². The average molecular weight is 303 g/mol. The van der Waals surface area contributed by atoms with Crippen LogP contribution in [0, 0.1) is 0 Å². The lowest BCUT2D eigenvalue weighted by Crippen LogP contribution is -2.52. The molecule has 1 aromatic carbocycles. The van der Waals surface area contributed by atoms with E-state index in [1.54, 1.807) is 20.4 Å². The summed E-state index contributed by atoms with van der Waals surface area (Å²) in [7, 11) is 3.24. The molecule has 118 valence electrons. The number of methoxy groups -OCH3 is 2. The molecule has 2 unspecified atom stereocenters. The van der Waals surface area contributed by atoms with E-state index in [1.165, 1.54) is 0 Å². The molecule has 6 heteroatoms. The second-order valence-corrected chi connectivity index (χ2v) is 5.63. The maximum absolute atomic E-state index is 10.8. The Labute approximate surface area is 129 Å². The minimum absolute atomic E-state index is 0.246. The zero-order chi connectivity index (χ0) is 15.6. The standard InChI is InChI=1S/C16H21N3O3/c1-21-11-6-7-12-13(9-11)18-15(10-17-12)19-16(20)8-4-3-5-14(16)22-2/h6-7,9-10,14,20H,3-5,8H2,1-2H3,(H,18,19). The molecule has 1 fully saturated rings. The monoisotopic (exact) mass is 303 g/mol. The van der Waals surface area contributed by atoms with Crippen LogP contribution < -0.4 is 10.1 Å². The highest BCUT2D eigenvalue weighted by Crippen LogP contribution is 2.31. The summed E-state index contributed by atoms with van der Waals surface area (Å²) in [4.78, 5) is 8.89. The number of fused-ring (bicyclic) bond motifs is 1. The maximum atomic E-state index is 10.8. The molecular weight excluding hydrogens is 282 g/mol. The summed E-state index contributed by atoms with van der Waals surface area (Å²) in [6.45, 7) is 0. The lowest BCUT2D eigenvalue weighted by Gasteiger charge is -2.39. The van der Waals surface area contributed by atoms with Crippen LogP contribution in [-0.4, -0.2) is 41.1 Å². The van der Waals surface area contributed by atoms with Crippen molar-refractivity contribution in [3.63, 3.8) is 0 Å². The third kappa shape index (κ3) is 2.84. The van der Waals surface area contributed by atoms with Gasteiger partial charge in [0, 0.05) is 13.2 Å². The maximum Gasteiger partial charge on any atom is 0.163 e. The third-order valence-corrected chi connectivity index (χ3v) is 4.19. The van der Waals surface area contributed by atoms with Crippen LogP contribution >= 0.6 is 0 Å². The van der Waals surface area contributed by atoms with Crippen molar-refractivity contribution in [3.8, 4) is 5.75 Å². The predicted octanol–water partition coefficient (Wildman–Crippen LogP) is 2.33. The quantitative estimate of drug-likeness (QED) is 0.844. The molecular formula is C16H21N3O3. The molecule has 1 aliphatic carbocycles. The van der Waals surface area contributed by atoms with E-state index in [0.29, 0.717) is 12.2 Å². The molecule has 2 aromatic rings. The van der Waals surface area contributed by atoms with Gasteiger partial charge < -0.3 is 19.9 Å². The second-order valence-electron chi connectivity index (χ2n) is 5.63. The minimum Gasteiger partial charge on any atom is -0.497 e. The Morgan fingerprint density at radius 2 is 2.14 bits per heavy atom. The SMILES string of the molecule is COc1ccc2ncc(NC3(O)CCCCC3OC)nc2c1. The summed E-state index contributed by atoms with van der Waals surface area (Å²) in [6, 6.07) is 5.53. The number of nitrogens with zero attached hydrogens (tertiary/aromatic N) is 2. The summed E-state index contributed by atoms with van der Waals surface area (Å²) in [6.07, 6.45) is 4.86. The highest BCUT2D eigenvalue weighted by molar-refractivity contribution is 5.77. The van der Waals surface area contributed by atoms with E-state index in [-0.39, 0.29) is 6.10 Å². The van der Waals surface area contributed by atoms with Gasteiger partial charge in [0.25, 0.3) is 0 Å². The van der Waals surface area contributed by atoms with Crippen LogP contribution in [0.2, 0.25) is 0 Å². The molecule has 0 radical (unpaired) electrons. The van der Waals surface area contributed by atoms with Crippen LogP contribution in [0.15, 0.2) is 24.4 Å². The summed E-state index contributed by atoms with van der Waals surface area (Å²) >= 11 is 0. The number of ether oxygens (including phenoxy) is 2. The van der Waals surface area contributed by atoms with Gasteiger partial charge in [0.2, 0.25) is 0 Å². The van der Waals surface area contributed by atoms with Gasteiger partial charge in [0.1, 0.15) is 17.7 Å². The van der Waals surface area contributed by atoms with E-state index in [1.807, 2.05) is 18.2 Å². The molecule has 0 amide bonds. The molecule has 0 aliphatic heterocycles. The number of aromatic nitrogens is 2. The van der Waals surface area contributed by atoms with Gasteiger partial charge in [-0.05, 0) is 31.4 Å². The molecule has 2 atom stereocenters. The molecule has 0 bridgehead atoms. The molecule has 2 N–H and O–H groups in total. The number of rotatable bonds is 4. The van der Waals surface area contributed by atoms with Crippen molar-refractivity contribution < 1.29 is 14.6 Å². The fourth-order valence-electron chi connectivity index (χ4n) is 2.98. The Bertz CT molecular complexity index is 664. The van der Waals surface area contributed by atoms with E-state index in [2.05, 4.69) is 15.3 Å². The van der Waals surface area contributed by atoms with Crippen LogP contribution in [0.4, 0.5) is 5.82 Å². The van der Waals surface area contributed by atoms with E-state index >= 15 is 0 Å². The van der Waals surface area contributed by atoms with Gasteiger partial charge in [-0.15, -0.1) is 0 Å². The van der Waals surface area contributed by atoms with Crippen molar-refractivity contribution in [3.05, 3.63) is 24.4 Å². The number of hydrogen-bond donors (Lipinski definition) is 2. The first-order chi connectivity index (χ1) is 10.6. The molecule has 3 rings (SSSR count). The second kappa shape index (κ2) is 6.06. The fourth-order valence-corrected chi connectivity index (χ4v) is 2.98. The fraction of sp³-hybridized carbons (Fsp3) is 0.500. The molecule has 1 heterocycles. The van der Waals surface area contributed by atoms with Gasteiger partial charge in [-0.2, -0.15) is 0 Å². The first-order valence-corrected chi connectivity index (χ1v) is 7.49. The van der Waals surface area contributed by atoms with Gasteiger partial charge in [-0.3, -0.25) is 4.98 Å². The van der Waals surface area contributed by atoms with Crippen LogP contribution in [0.3, 0.4) is 0 Å². The number of anilines is 1. The summed E-state index contributed by atoms with van der Waals surface area (Å²) < 4.78 is 10.6. The Morgan fingerprint density at radius 1 is 1.27 bits per heavy atom. The van der Waals surface area contributed by atoms with Crippen molar-refractivity contribution in [2.24, 2.45) is 0 Å². The zero-order valence-electron chi connectivity index (χ0n) is 12.9. The van der Waals surface area contributed by atoms with E-state index in [0.717, 1.165) is 36.0 Å². The average Bonchev–Trinajstić information content (AvgIpc) is 2.54. The number of aliphatic hydroxyl groups is 1. The predicted molar refractivity (Wildman–Crippen MR) is 83.9 cm³/mol. The van der Waals surface area contributed by atoms with Crippen LogP contribution in [0.1, 0.15) is 25.7 Å². The molecule has 22 heavy (non-hydrogen) atoms. The van der Waals surface area contributed by atoms with Gasteiger partial charge in [0.05, 0.1) is 24.3 Å². The largest absolute Gasteiger partial charge is 0.497 e. The van der Waals surface area contributed by atoms with Gasteiger partial charge in [-0.25, -0.2) is 4.98 Å². The van der Waals surface area contributed by atoms with E-state index in [9.17, 15) is 5.11 Å². The summed E-state index contributed by atoms with van der Waals surface area (Å²) in [5.74, 6) is 1.26. The third-order valence-electron chi connectivity index (χ3n) is 4.19. The van der Waals surface area contributed by atoms with Gasteiger partial charge in [-0.1, -0.05) is 6.42 Å². The summed E-state index contributed by atoms with van der Waals surface area (Å²) in [5.41, 5.74) is 0.400. The highest BCUT2D eigenvalue weighted by atomic mass is 16.5. The van der Waals surface area contributed by atoms with Crippen molar-refractivity contribution in [2.75, 3.05) is 19.5 Å². The molecule has 1 aromatic heterocycles. The normalized spacial score (nSPS) is 25.1. The number of benzene rings is 1. The minimum atomic E-state index is -1.10. The van der Waals surface area contributed by atoms with Crippen LogP contribution in [0.5, 0.6) is 5.75 Å². The topological polar surface area (TPSA) is 76.5 Å². The lowest BCUT2D eigenvalue weighted by atomic mass is 9.88. The van der Waals surface area contributed by atoms with Gasteiger partial charge >= 0.3 is 0 Å². The molecule has 1 aliphatic rings. The Kier molecular flexibility index (Phi) is 4.13. The molecule has 0 spiro atoms. The van der Waals surface area contributed by atoms with Crippen molar-refractivity contribution in [1.82, 2.24) is 9.97 Å². The number of nitrogens with one attached hydrogen (secondary N) is 1. The Hall–Kier alpha value is -1.92.